The Morgan fingerprint density at radius 2 is 1.56 bits per heavy atom. The predicted molar refractivity (Wildman–Crippen MR) is 162 cm³/mol. The SMILES string of the molecule is CCCN(C(=O)C(NC(=O)C(CC(C)C)NC(=O)C(Cc1c[nH]cn1)NC(=O)C(N)C(C)C)C(C)O)C(CCC(=O)O)C(=O)O. The number of amides is 4. The number of nitrogens with zero attached hydrogens (tertiary/aromatic N) is 2. The average Bonchev–Trinajstić information content (AvgIpc) is 3.46. The molecule has 0 saturated carbocycles. The van der Waals surface area contributed by atoms with Crippen LogP contribution in [0.5, 0.6) is 0 Å². The van der Waals surface area contributed by atoms with Gasteiger partial charge in [-0.25, -0.2) is 9.78 Å². The van der Waals surface area contributed by atoms with E-state index in [1.165, 1.54) is 13.3 Å². The summed E-state index contributed by atoms with van der Waals surface area (Å²) in [6.45, 7) is 9.96. The highest BCUT2D eigenvalue weighted by Crippen LogP contribution is 2.14. The Bertz CT molecular complexity index is 1140. The first-order valence-corrected chi connectivity index (χ1v) is 15.1. The monoisotopic (exact) mass is 639 g/mol. The smallest absolute Gasteiger partial charge is 0.326 e. The number of carbonyl (C=O) groups is 6. The quantitative estimate of drug-likeness (QED) is 0.0891. The predicted octanol–water partition coefficient (Wildman–Crippen LogP) is -0.627. The molecule has 0 saturated heterocycles. The number of carboxylic acids is 2. The van der Waals surface area contributed by atoms with Gasteiger partial charge in [-0.2, -0.15) is 0 Å². The van der Waals surface area contributed by atoms with Gasteiger partial charge in [0.25, 0.3) is 0 Å². The molecule has 16 heteroatoms. The van der Waals surface area contributed by atoms with E-state index in [2.05, 4.69) is 25.9 Å². The van der Waals surface area contributed by atoms with Gasteiger partial charge in [-0.15, -0.1) is 0 Å². The highest BCUT2D eigenvalue weighted by Gasteiger charge is 2.38. The molecule has 0 bridgehead atoms. The number of aromatic amines is 1. The molecule has 0 fully saturated rings. The van der Waals surface area contributed by atoms with Crippen LogP contribution in [0.4, 0.5) is 0 Å². The Hall–Kier alpha value is -4.05. The maximum Gasteiger partial charge on any atom is 0.326 e. The van der Waals surface area contributed by atoms with Crippen molar-refractivity contribution in [1.29, 1.82) is 0 Å². The summed E-state index contributed by atoms with van der Waals surface area (Å²) in [5.41, 5.74) is 6.44. The van der Waals surface area contributed by atoms with Crippen molar-refractivity contribution in [2.75, 3.05) is 6.54 Å². The maximum absolute atomic E-state index is 13.6. The van der Waals surface area contributed by atoms with E-state index >= 15 is 0 Å². The van der Waals surface area contributed by atoms with E-state index in [1.54, 1.807) is 40.8 Å². The van der Waals surface area contributed by atoms with E-state index < -0.39 is 78.3 Å². The molecule has 1 rings (SSSR count). The maximum atomic E-state index is 13.6. The number of hydrogen-bond donors (Lipinski definition) is 8. The lowest BCUT2D eigenvalue weighted by atomic mass is 10.00. The molecule has 16 nitrogen and oxygen atoms in total. The van der Waals surface area contributed by atoms with Gasteiger partial charge in [-0.3, -0.25) is 24.0 Å². The van der Waals surface area contributed by atoms with Gasteiger partial charge < -0.3 is 46.9 Å². The summed E-state index contributed by atoms with van der Waals surface area (Å²) in [6.07, 6.45) is 0.996. The summed E-state index contributed by atoms with van der Waals surface area (Å²) in [4.78, 5) is 84.3. The Morgan fingerprint density at radius 1 is 0.956 bits per heavy atom. The van der Waals surface area contributed by atoms with Crippen LogP contribution >= 0.6 is 0 Å². The molecule has 0 aliphatic carbocycles. The Labute approximate surface area is 262 Å². The van der Waals surface area contributed by atoms with E-state index in [-0.39, 0.29) is 37.6 Å². The number of H-pyrrole nitrogens is 1. The number of nitrogens with two attached hydrogens (primary N) is 1. The topological polar surface area (TPSA) is 257 Å². The number of hydrogen-bond acceptors (Lipinski definition) is 9. The van der Waals surface area contributed by atoms with Gasteiger partial charge in [0, 0.05) is 25.6 Å². The fourth-order valence-corrected chi connectivity index (χ4v) is 4.52. The third-order valence-corrected chi connectivity index (χ3v) is 7.05. The molecular formula is C29H49N7O9. The van der Waals surface area contributed by atoms with Crippen LogP contribution in [0.25, 0.3) is 0 Å². The Kier molecular flexibility index (Phi) is 16.2. The number of aromatic nitrogens is 2. The van der Waals surface area contributed by atoms with Crippen LogP contribution in [0.3, 0.4) is 0 Å². The number of carbonyl (C=O) groups excluding carboxylic acids is 4. The lowest BCUT2D eigenvalue weighted by Crippen LogP contribution is -2.61. The minimum Gasteiger partial charge on any atom is -0.481 e. The van der Waals surface area contributed by atoms with Gasteiger partial charge in [-0.1, -0.05) is 34.6 Å². The average molecular weight is 640 g/mol. The van der Waals surface area contributed by atoms with Crippen molar-refractivity contribution >= 4 is 35.6 Å². The summed E-state index contributed by atoms with van der Waals surface area (Å²) in [7, 11) is 0. The Morgan fingerprint density at radius 3 is 2.02 bits per heavy atom. The highest BCUT2D eigenvalue weighted by atomic mass is 16.4. The molecule has 0 radical (unpaired) electrons. The number of nitrogens with one attached hydrogen (secondary N) is 4. The lowest BCUT2D eigenvalue weighted by Gasteiger charge is -2.34. The summed E-state index contributed by atoms with van der Waals surface area (Å²) >= 11 is 0. The summed E-state index contributed by atoms with van der Waals surface area (Å²) in [5.74, 6) is -6.04. The van der Waals surface area contributed by atoms with E-state index in [0.29, 0.717) is 12.1 Å². The minimum absolute atomic E-state index is 0.0183. The molecule has 1 aromatic rings. The molecule has 254 valence electrons. The first-order chi connectivity index (χ1) is 21.0. The second kappa shape index (κ2) is 18.7. The van der Waals surface area contributed by atoms with Gasteiger partial charge in [0.05, 0.1) is 24.2 Å². The van der Waals surface area contributed by atoms with Crippen LogP contribution in [0.2, 0.25) is 0 Å². The highest BCUT2D eigenvalue weighted by molar-refractivity contribution is 5.95. The van der Waals surface area contributed by atoms with Gasteiger partial charge >= 0.3 is 11.9 Å². The van der Waals surface area contributed by atoms with E-state index in [9.17, 15) is 39.0 Å². The summed E-state index contributed by atoms with van der Waals surface area (Å²) in [5, 5.41) is 37.0. The minimum atomic E-state index is -1.61. The third kappa shape index (κ3) is 12.8. The number of aliphatic hydroxyl groups excluding tert-OH is 1. The largest absolute Gasteiger partial charge is 0.481 e. The molecule has 45 heavy (non-hydrogen) atoms. The van der Waals surface area contributed by atoms with Gasteiger partial charge in [0.2, 0.25) is 23.6 Å². The molecule has 0 aliphatic rings. The Balaban J connectivity index is 3.30. The van der Waals surface area contributed by atoms with Gasteiger partial charge in [0.1, 0.15) is 24.2 Å². The molecule has 0 aliphatic heterocycles. The van der Waals surface area contributed by atoms with Crippen molar-refractivity contribution in [3.8, 4) is 0 Å². The normalized spacial score (nSPS) is 15.3. The lowest BCUT2D eigenvalue weighted by molar-refractivity contribution is -0.154. The second-order valence-electron chi connectivity index (χ2n) is 11.8. The molecule has 1 heterocycles. The zero-order valence-electron chi connectivity index (χ0n) is 26.8. The van der Waals surface area contributed by atoms with Gasteiger partial charge in [-0.05, 0) is 38.0 Å². The number of aliphatic hydroxyl groups is 1. The van der Waals surface area contributed by atoms with Crippen molar-refractivity contribution in [2.45, 2.75) is 110 Å². The molecule has 0 spiro atoms. The number of rotatable bonds is 20. The molecule has 4 amide bonds. The summed E-state index contributed by atoms with van der Waals surface area (Å²) in [6, 6.07) is -6.39. The first-order valence-electron chi connectivity index (χ1n) is 15.1. The van der Waals surface area contributed by atoms with Crippen LogP contribution in [0, 0.1) is 11.8 Å². The fourth-order valence-electron chi connectivity index (χ4n) is 4.52. The van der Waals surface area contributed by atoms with Crippen LogP contribution in [-0.4, -0.2) is 109 Å². The molecular weight excluding hydrogens is 590 g/mol. The molecule has 6 atom stereocenters. The van der Waals surface area contributed by atoms with Crippen LogP contribution in [-0.2, 0) is 35.2 Å². The molecule has 9 N–H and O–H groups in total. The van der Waals surface area contributed by atoms with E-state index in [0.717, 1.165) is 4.90 Å². The van der Waals surface area contributed by atoms with Crippen molar-refractivity contribution in [3.05, 3.63) is 18.2 Å². The molecule has 6 unspecified atom stereocenters. The number of carboxylic acid groups (broad SMARTS) is 2. The zero-order valence-corrected chi connectivity index (χ0v) is 26.8. The van der Waals surface area contributed by atoms with Crippen molar-refractivity contribution < 1.29 is 44.1 Å². The van der Waals surface area contributed by atoms with E-state index in [1.807, 2.05) is 0 Å². The second-order valence-corrected chi connectivity index (χ2v) is 11.8. The van der Waals surface area contributed by atoms with Crippen molar-refractivity contribution in [2.24, 2.45) is 17.6 Å². The van der Waals surface area contributed by atoms with Crippen LogP contribution in [0.1, 0.15) is 72.9 Å². The van der Waals surface area contributed by atoms with Crippen molar-refractivity contribution in [3.63, 3.8) is 0 Å². The van der Waals surface area contributed by atoms with Crippen molar-refractivity contribution in [1.82, 2.24) is 30.8 Å². The summed E-state index contributed by atoms with van der Waals surface area (Å²) < 4.78 is 0. The van der Waals surface area contributed by atoms with E-state index in [4.69, 9.17) is 10.8 Å². The standard InChI is InChI=1S/C29H49N7O9/c1-7-10-36(21(29(44)45)8-9-22(38)39)28(43)24(17(6)37)35-26(41)19(11-15(2)3)33-25(40)20(12-18-13-31-14-32-18)34-27(42)23(30)16(4)5/h13-17,19-21,23-24,37H,7-12,30H2,1-6H3,(H,31,32)(H,33,40)(H,34,42)(H,35,41)(H,38,39)(H,44,45). The fraction of sp³-hybridized carbons (Fsp3) is 0.690. The zero-order chi connectivity index (χ0) is 34.4. The third-order valence-electron chi connectivity index (χ3n) is 7.05. The van der Waals surface area contributed by atoms with Gasteiger partial charge in [0.15, 0.2) is 0 Å². The van der Waals surface area contributed by atoms with Crippen LogP contribution in [0.15, 0.2) is 12.5 Å². The van der Waals surface area contributed by atoms with Crippen LogP contribution < -0.4 is 21.7 Å². The molecule has 1 aromatic heterocycles. The molecule has 0 aromatic carbocycles. The first kappa shape index (κ1) is 39.0. The number of imidazole rings is 1. The number of aliphatic carboxylic acids is 2.